The lowest BCUT2D eigenvalue weighted by molar-refractivity contribution is -0.145. The van der Waals surface area contributed by atoms with Crippen LogP contribution in [-0.4, -0.2) is 122 Å². The lowest BCUT2D eigenvalue weighted by atomic mass is 9.49. The van der Waals surface area contributed by atoms with Gasteiger partial charge in [0.15, 0.2) is 10.8 Å². The number of β-amino-alcohol motifs (C(OH)–C–C–N with tert-alkyl or cyclic N) is 1. The molecule has 24 heteroatoms. The van der Waals surface area contributed by atoms with E-state index in [4.69, 9.17) is 14.8 Å². The zero-order valence-corrected chi connectivity index (χ0v) is 57.7. The molecule has 5 saturated carbocycles. The topological polar surface area (TPSA) is 260 Å². The normalized spacial score (nSPS) is 22.0. The summed E-state index contributed by atoms with van der Waals surface area (Å²) in [6.45, 7) is 11.2. The van der Waals surface area contributed by atoms with E-state index in [2.05, 4.69) is 35.3 Å². The number of unbranched alkanes of at least 4 members (excludes halogenated alkanes) is 5. The molecule has 0 spiro atoms. The Balaban J connectivity index is 0.633. The molecular formula is C72H86FN11O9S3. The molecular weight excluding hydrogens is 1280 g/mol. The minimum atomic E-state index is -4.12. The molecule has 0 radical (unpaired) electrons. The van der Waals surface area contributed by atoms with Gasteiger partial charge in [0, 0.05) is 67.1 Å². The number of rotatable bonds is 25. The van der Waals surface area contributed by atoms with Crippen molar-refractivity contribution in [2.75, 3.05) is 35.7 Å². The summed E-state index contributed by atoms with van der Waals surface area (Å²) < 4.78 is 54.6. The van der Waals surface area contributed by atoms with Gasteiger partial charge in [0.05, 0.1) is 51.0 Å². The molecule has 4 bridgehead atoms. The van der Waals surface area contributed by atoms with E-state index in [0.29, 0.717) is 78.8 Å². The number of benzene rings is 3. The molecule has 14 rings (SSSR count). The number of sulfonamides is 1. The maximum atomic E-state index is 14.8. The molecule has 2 aliphatic heterocycles. The number of halogens is 1. The summed E-state index contributed by atoms with van der Waals surface area (Å²) in [5, 5.41) is 24.8. The fourth-order valence-corrected chi connectivity index (χ4v) is 18.6. The Hall–Kier alpha value is -7.67. The second-order valence-electron chi connectivity index (χ2n) is 29.0. The molecule has 7 aromatic rings. The maximum absolute atomic E-state index is 14.8. The largest absolute Gasteiger partial charge is 0.493 e. The number of alkyl halides is 1. The van der Waals surface area contributed by atoms with Crippen molar-refractivity contribution in [3.8, 4) is 27.3 Å². The number of nitrogens with one attached hydrogen (secondary N) is 4. The number of nitrogens with zero attached hydrogens (tertiary/aromatic N) is 7. The standard InChI is InChI=1S/C72H86FN11O9S3/c1-43-62(94-42-75-43)49-19-20-50(37-74-65(87)57-33-51(85)39-83(57)67(89)63(70(3,4)5)79-68(90)72(73)24-25-72)58(32-49)93-27-12-8-6-7-9-13-28-96(91,92)81-66(88)61-52(54-38-76-84(44(54)2)41-71-34-45-29-46(35-71)31-47(30-45)36-71)21-22-60(78-61)82-26-23-48-15-14-16-53(55(48)40-82)64(86)80-69-77-56-17-10-11-18-59(56)95-69/h10-11,14-22,32,38,42,45-47,51,57,63,85H,6-9,12-13,23-31,33-37,39-41H2,1-5H3,(H,74,87)(H,79,90)(H,81,88)(H,77,80,86)/t45?,46?,47?,51?,57-,63+,71?/m0/s1. The number of hydrogen-bond donors (Lipinski definition) is 5. The van der Waals surface area contributed by atoms with Crippen molar-refractivity contribution >= 4 is 83.4 Å². The average molecular weight is 1360 g/mol. The zero-order chi connectivity index (χ0) is 67.3. The highest BCUT2D eigenvalue weighted by Crippen LogP contribution is 2.61. The van der Waals surface area contributed by atoms with Crippen molar-refractivity contribution in [1.82, 2.24) is 45.0 Å². The van der Waals surface area contributed by atoms with Crippen molar-refractivity contribution in [2.45, 2.75) is 181 Å². The number of fused-ring (bicyclic) bond motifs is 2. The Bertz CT molecular complexity index is 4160. The lowest BCUT2D eigenvalue weighted by Crippen LogP contribution is -2.59. The van der Waals surface area contributed by atoms with Gasteiger partial charge < -0.3 is 30.3 Å². The molecule has 1 saturated heterocycles. The minimum absolute atomic E-state index is 0.00559. The van der Waals surface area contributed by atoms with Gasteiger partial charge in [-0.05, 0) is 166 Å². The molecule has 5 N–H and O–H groups in total. The monoisotopic (exact) mass is 1360 g/mol. The number of anilines is 2. The van der Waals surface area contributed by atoms with E-state index in [1.165, 1.54) is 66.1 Å². The number of ether oxygens (including phenoxy) is 1. The Labute approximate surface area is 568 Å². The first-order valence-electron chi connectivity index (χ1n) is 34.0. The summed E-state index contributed by atoms with van der Waals surface area (Å²) in [4.78, 5) is 87.9. The Morgan fingerprint density at radius 2 is 1.59 bits per heavy atom. The van der Waals surface area contributed by atoms with Crippen LogP contribution in [0.1, 0.15) is 166 Å². The summed E-state index contributed by atoms with van der Waals surface area (Å²) in [5.41, 5.74) is 6.92. The summed E-state index contributed by atoms with van der Waals surface area (Å²) in [6.07, 6.45) is 13.2. The van der Waals surface area contributed by atoms with Crippen LogP contribution in [0.2, 0.25) is 0 Å². The molecule has 6 fully saturated rings. The number of pyridine rings is 1. The van der Waals surface area contributed by atoms with Gasteiger partial charge in [-0.1, -0.05) is 94.2 Å². The van der Waals surface area contributed by atoms with Gasteiger partial charge in [0.2, 0.25) is 21.8 Å². The number of carbonyl (C=O) groups excluding carboxylic acids is 5. The second-order valence-corrected chi connectivity index (χ2v) is 32.7. The van der Waals surface area contributed by atoms with E-state index in [-0.39, 0.29) is 55.1 Å². The maximum Gasteiger partial charge on any atom is 0.284 e. The quantitative estimate of drug-likeness (QED) is 0.0334. The van der Waals surface area contributed by atoms with E-state index in [9.17, 15) is 41.9 Å². The number of thiazole rings is 2. The fourth-order valence-electron chi connectivity index (χ4n) is 15.9. The zero-order valence-electron chi connectivity index (χ0n) is 55.3. The average Bonchev–Trinajstić information content (AvgIpc) is 1.09. The number of aliphatic hydroxyl groups excluding tert-OH is 1. The van der Waals surface area contributed by atoms with Crippen molar-refractivity contribution in [2.24, 2.45) is 28.6 Å². The molecule has 3 aromatic carbocycles. The van der Waals surface area contributed by atoms with Crippen LogP contribution in [0.15, 0.2) is 84.5 Å². The van der Waals surface area contributed by atoms with Crippen LogP contribution in [0.3, 0.4) is 0 Å². The van der Waals surface area contributed by atoms with Gasteiger partial charge >= 0.3 is 0 Å². The van der Waals surface area contributed by atoms with E-state index in [0.717, 1.165) is 92.3 Å². The van der Waals surface area contributed by atoms with E-state index in [1.54, 1.807) is 32.5 Å². The molecule has 4 aromatic heterocycles. The first-order chi connectivity index (χ1) is 46.0. The van der Waals surface area contributed by atoms with Crippen molar-refractivity contribution in [1.29, 1.82) is 0 Å². The summed E-state index contributed by atoms with van der Waals surface area (Å²) in [5.74, 6) is 0.111. The number of aromatic nitrogens is 5. The molecule has 5 aliphatic carbocycles. The second kappa shape index (κ2) is 27.3. The first-order valence-corrected chi connectivity index (χ1v) is 37.4. The van der Waals surface area contributed by atoms with Gasteiger partial charge in [0.1, 0.15) is 29.3 Å². The van der Waals surface area contributed by atoms with Crippen LogP contribution < -0.4 is 30.3 Å². The highest BCUT2D eigenvalue weighted by Gasteiger charge is 2.54. The van der Waals surface area contributed by atoms with Gasteiger partial charge in [-0.25, -0.2) is 32.5 Å². The summed E-state index contributed by atoms with van der Waals surface area (Å²) in [6, 6.07) is 20.8. The molecule has 7 aliphatic rings. The molecule has 96 heavy (non-hydrogen) atoms. The lowest BCUT2D eigenvalue weighted by Gasteiger charge is -2.56. The third-order valence-corrected chi connectivity index (χ3v) is 23.9. The number of para-hydroxylation sites is 1. The van der Waals surface area contributed by atoms with E-state index < -0.39 is 62.9 Å². The molecule has 1 unspecified atom stereocenters. The van der Waals surface area contributed by atoms with E-state index in [1.807, 2.05) is 91.5 Å². The van der Waals surface area contributed by atoms with Crippen LogP contribution in [0.5, 0.6) is 5.75 Å². The number of amides is 5. The number of aliphatic hydroxyl groups is 1. The summed E-state index contributed by atoms with van der Waals surface area (Å²) in [7, 11) is -4.12. The third kappa shape index (κ3) is 14.6. The first kappa shape index (κ1) is 66.9. The van der Waals surface area contributed by atoms with Crippen molar-refractivity contribution in [3.05, 3.63) is 124 Å². The number of likely N-dealkylation sites (tertiary alicyclic amines) is 1. The molecule has 6 heterocycles. The van der Waals surface area contributed by atoms with Crippen LogP contribution in [0.25, 0.3) is 31.8 Å². The molecule has 508 valence electrons. The predicted octanol–water partition coefficient (Wildman–Crippen LogP) is 11.4. The van der Waals surface area contributed by atoms with Crippen molar-refractivity contribution < 1.29 is 46.6 Å². The van der Waals surface area contributed by atoms with Crippen LogP contribution in [0, 0.1) is 42.4 Å². The van der Waals surface area contributed by atoms with Gasteiger partial charge in [0.25, 0.3) is 17.7 Å². The fraction of sp³-hybridized carbons (Fsp3) is 0.514. The van der Waals surface area contributed by atoms with E-state index >= 15 is 0 Å². The van der Waals surface area contributed by atoms with Crippen LogP contribution in [-0.2, 0) is 50.5 Å². The van der Waals surface area contributed by atoms with Gasteiger partial charge in [-0.15, -0.1) is 11.3 Å². The predicted molar refractivity (Wildman–Crippen MR) is 369 cm³/mol. The minimum Gasteiger partial charge on any atom is -0.493 e. The highest BCUT2D eigenvalue weighted by molar-refractivity contribution is 7.90. The van der Waals surface area contributed by atoms with Crippen LogP contribution >= 0.6 is 22.7 Å². The van der Waals surface area contributed by atoms with Gasteiger partial charge in [-0.2, -0.15) is 5.10 Å². The highest BCUT2D eigenvalue weighted by atomic mass is 32.2. The SMILES string of the molecule is Cc1ncsc1-c1ccc(CNC(=O)[C@@H]2CC(O)CN2C(=O)[C@@H](NC(=O)C2(F)CC2)C(C)(C)C)c(OCCCCCCCCS(=O)(=O)NC(=O)c2nc(N3CCc4cccc(C(=O)Nc5nc6ccccc6s5)c4C3)ccc2-c2cnn(CC34CC5CC(CC(C5)C3)C4)c2C)c1. The number of hydrogen-bond acceptors (Lipinski definition) is 16. The number of carbonyl (C=O) groups is 5. The Morgan fingerprint density at radius 1 is 0.854 bits per heavy atom. The van der Waals surface area contributed by atoms with Crippen molar-refractivity contribution in [3.63, 3.8) is 0 Å². The smallest absolute Gasteiger partial charge is 0.284 e. The summed E-state index contributed by atoms with van der Waals surface area (Å²) >= 11 is 2.92. The number of aryl methyl sites for hydroxylation is 1. The molecule has 5 amide bonds. The van der Waals surface area contributed by atoms with Crippen LogP contribution in [0.4, 0.5) is 15.3 Å². The Morgan fingerprint density at radius 3 is 2.31 bits per heavy atom. The van der Waals surface area contributed by atoms with Gasteiger partial charge in [-0.3, -0.25) is 34.0 Å². The third-order valence-electron chi connectivity index (χ3n) is 20.7. The molecule has 20 nitrogen and oxygen atoms in total. The Kier molecular flexibility index (Phi) is 19.0. The molecule has 3 atom stereocenters.